The highest BCUT2D eigenvalue weighted by molar-refractivity contribution is 7.91. The van der Waals surface area contributed by atoms with Crippen molar-refractivity contribution >= 4 is 21.4 Å². The number of hydrogen-bond acceptors (Lipinski definition) is 8. The molecule has 30 heavy (non-hydrogen) atoms. The zero-order chi connectivity index (χ0) is 21.5. The third kappa shape index (κ3) is 4.10. The van der Waals surface area contributed by atoms with Crippen LogP contribution in [0.5, 0.6) is 0 Å². The molecule has 0 bridgehead atoms. The Morgan fingerprint density at radius 3 is 2.60 bits per heavy atom. The van der Waals surface area contributed by atoms with Gasteiger partial charge in [-0.2, -0.15) is 0 Å². The first-order valence-electron chi connectivity index (χ1n) is 9.99. The Morgan fingerprint density at radius 2 is 2.03 bits per heavy atom. The predicted molar refractivity (Wildman–Crippen MR) is 110 cm³/mol. The summed E-state index contributed by atoms with van der Waals surface area (Å²) >= 11 is 5.85. The molecule has 1 saturated carbocycles. The maximum Gasteiger partial charge on any atom is 0.163 e. The first-order chi connectivity index (χ1) is 14.2. The van der Waals surface area contributed by atoms with E-state index in [0.717, 1.165) is 25.1 Å². The number of hydrogen-bond donors (Lipinski definition) is 0. The van der Waals surface area contributed by atoms with E-state index in [1.54, 1.807) is 6.92 Å². The molecule has 0 unspecified atom stereocenters. The Hall–Kier alpha value is -1.62. The van der Waals surface area contributed by atoms with Crippen molar-refractivity contribution in [1.82, 2.24) is 24.7 Å². The van der Waals surface area contributed by atoms with Crippen LogP contribution in [0.25, 0.3) is 0 Å². The summed E-state index contributed by atoms with van der Waals surface area (Å²) in [6.07, 6.45) is 4.87. The van der Waals surface area contributed by atoms with Crippen LogP contribution in [0.15, 0.2) is 12.4 Å². The van der Waals surface area contributed by atoms with Gasteiger partial charge < -0.3 is 14.0 Å². The maximum atomic E-state index is 13.3. The normalized spacial score (nSPS) is 22.7. The molecule has 4 rings (SSSR count). The van der Waals surface area contributed by atoms with E-state index in [1.165, 1.54) is 19.5 Å². The molecule has 2 aromatic heterocycles. The van der Waals surface area contributed by atoms with Gasteiger partial charge in [0.25, 0.3) is 0 Å². The summed E-state index contributed by atoms with van der Waals surface area (Å²) < 4.78 is 39.6. The fourth-order valence-corrected chi connectivity index (χ4v) is 5.41. The summed E-state index contributed by atoms with van der Waals surface area (Å²) in [6.45, 7) is 5.01. The van der Waals surface area contributed by atoms with Crippen molar-refractivity contribution in [2.24, 2.45) is 0 Å². The standard InChI is InChI=1S/C19H26ClN5O4S/c1-12(16(28-3)17-21-8-14(20)9-22-17)30(26,27)11-15-23-24-18(13-4-7-29-10-13)25(15)19(2)5-6-19/h8-9,12-13,16H,4-7,10-11H2,1-3H3/t12-,13-,16-/m0/s1. The van der Waals surface area contributed by atoms with E-state index in [2.05, 4.69) is 27.1 Å². The summed E-state index contributed by atoms with van der Waals surface area (Å²) in [5.74, 6) is 1.50. The lowest BCUT2D eigenvalue weighted by Crippen LogP contribution is -2.31. The van der Waals surface area contributed by atoms with Gasteiger partial charge in [0, 0.05) is 37.6 Å². The zero-order valence-electron chi connectivity index (χ0n) is 17.3. The lowest BCUT2D eigenvalue weighted by atomic mass is 10.1. The van der Waals surface area contributed by atoms with Crippen LogP contribution >= 0.6 is 11.6 Å². The SMILES string of the molecule is CO[C@H](c1ncc(Cl)cn1)[C@H](C)S(=O)(=O)Cc1nnc([C@H]2CCOC2)n1C1(C)CC1. The first kappa shape index (κ1) is 21.6. The summed E-state index contributed by atoms with van der Waals surface area (Å²) in [7, 11) is -2.20. The second-order valence-electron chi connectivity index (χ2n) is 8.30. The van der Waals surface area contributed by atoms with E-state index >= 15 is 0 Å². The Bertz CT molecular complexity index is 1000. The average molecular weight is 456 g/mol. The Balaban J connectivity index is 1.62. The van der Waals surface area contributed by atoms with Crippen molar-refractivity contribution in [1.29, 1.82) is 0 Å². The molecule has 1 aliphatic carbocycles. The number of ether oxygens (including phenoxy) is 2. The van der Waals surface area contributed by atoms with Crippen molar-refractivity contribution in [2.75, 3.05) is 20.3 Å². The van der Waals surface area contributed by atoms with E-state index in [-0.39, 0.29) is 23.0 Å². The summed E-state index contributed by atoms with van der Waals surface area (Å²) in [5, 5.41) is 8.17. The molecule has 2 fully saturated rings. The molecule has 11 heteroatoms. The highest BCUT2D eigenvalue weighted by atomic mass is 35.5. The minimum atomic E-state index is -3.64. The molecule has 0 spiro atoms. The molecular weight excluding hydrogens is 430 g/mol. The van der Waals surface area contributed by atoms with Crippen LogP contribution in [-0.2, 0) is 30.6 Å². The minimum Gasteiger partial charge on any atom is -0.381 e. The van der Waals surface area contributed by atoms with Crippen LogP contribution in [0.2, 0.25) is 5.02 Å². The van der Waals surface area contributed by atoms with Gasteiger partial charge in [0.2, 0.25) is 0 Å². The molecule has 0 aromatic carbocycles. The van der Waals surface area contributed by atoms with Crippen LogP contribution < -0.4 is 0 Å². The van der Waals surface area contributed by atoms with E-state index in [1.807, 2.05) is 4.57 Å². The third-order valence-electron chi connectivity index (χ3n) is 6.04. The molecular formula is C19H26ClN5O4S. The molecule has 1 aliphatic heterocycles. The van der Waals surface area contributed by atoms with E-state index in [9.17, 15) is 8.42 Å². The van der Waals surface area contributed by atoms with Crippen LogP contribution in [0.4, 0.5) is 0 Å². The quantitative estimate of drug-likeness (QED) is 0.596. The highest BCUT2D eigenvalue weighted by Gasteiger charge is 2.45. The number of rotatable bonds is 8. The fourth-order valence-electron chi connectivity index (χ4n) is 3.89. The first-order valence-corrected chi connectivity index (χ1v) is 12.1. The van der Waals surface area contributed by atoms with Crippen molar-refractivity contribution in [3.8, 4) is 0 Å². The van der Waals surface area contributed by atoms with Gasteiger partial charge in [-0.3, -0.25) is 0 Å². The maximum absolute atomic E-state index is 13.3. The van der Waals surface area contributed by atoms with Gasteiger partial charge in [-0.1, -0.05) is 11.6 Å². The molecule has 0 N–H and O–H groups in total. The van der Waals surface area contributed by atoms with Crippen LogP contribution in [0.1, 0.15) is 62.6 Å². The van der Waals surface area contributed by atoms with E-state index in [0.29, 0.717) is 24.1 Å². The van der Waals surface area contributed by atoms with Crippen molar-refractivity contribution in [3.63, 3.8) is 0 Å². The lowest BCUT2D eigenvalue weighted by Gasteiger charge is -2.23. The molecule has 9 nitrogen and oxygen atoms in total. The number of methoxy groups -OCH3 is 1. The Morgan fingerprint density at radius 1 is 1.33 bits per heavy atom. The molecule has 3 atom stereocenters. The summed E-state index contributed by atoms with van der Waals surface area (Å²) in [6, 6.07) is 0. The van der Waals surface area contributed by atoms with Gasteiger partial charge in [-0.05, 0) is 33.1 Å². The fraction of sp³-hybridized carbons (Fsp3) is 0.684. The molecule has 164 valence electrons. The van der Waals surface area contributed by atoms with Crippen molar-refractivity contribution in [3.05, 3.63) is 34.9 Å². The van der Waals surface area contributed by atoms with Gasteiger partial charge >= 0.3 is 0 Å². The van der Waals surface area contributed by atoms with Crippen LogP contribution in [0, 0.1) is 0 Å². The Kier molecular flexibility index (Phi) is 5.86. The highest BCUT2D eigenvalue weighted by Crippen LogP contribution is 2.46. The van der Waals surface area contributed by atoms with Gasteiger partial charge in [0.15, 0.2) is 15.7 Å². The average Bonchev–Trinajstić information content (AvgIpc) is 3.12. The van der Waals surface area contributed by atoms with E-state index < -0.39 is 21.2 Å². The van der Waals surface area contributed by atoms with Crippen LogP contribution in [0.3, 0.4) is 0 Å². The largest absolute Gasteiger partial charge is 0.381 e. The van der Waals surface area contributed by atoms with Crippen molar-refractivity contribution < 1.29 is 17.9 Å². The molecule has 1 saturated heterocycles. The summed E-state index contributed by atoms with van der Waals surface area (Å²) in [4.78, 5) is 8.27. The number of halogens is 1. The second-order valence-corrected chi connectivity index (χ2v) is 11.1. The predicted octanol–water partition coefficient (Wildman–Crippen LogP) is 2.43. The molecule has 3 heterocycles. The van der Waals surface area contributed by atoms with Gasteiger partial charge in [-0.15, -0.1) is 10.2 Å². The van der Waals surface area contributed by atoms with Gasteiger partial charge in [0.1, 0.15) is 23.5 Å². The summed E-state index contributed by atoms with van der Waals surface area (Å²) in [5.41, 5.74) is -0.130. The number of sulfone groups is 1. The minimum absolute atomic E-state index is 0.130. The monoisotopic (exact) mass is 455 g/mol. The third-order valence-corrected chi connectivity index (χ3v) is 8.27. The molecule has 0 radical (unpaired) electrons. The smallest absolute Gasteiger partial charge is 0.163 e. The van der Waals surface area contributed by atoms with E-state index in [4.69, 9.17) is 21.1 Å². The van der Waals surface area contributed by atoms with Gasteiger partial charge in [-0.25, -0.2) is 18.4 Å². The topological polar surface area (TPSA) is 109 Å². The Labute approximate surface area is 181 Å². The zero-order valence-corrected chi connectivity index (χ0v) is 18.9. The molecule has 2 aromatic rings. The lowest BCUT2D eigenvalue weighted by molar-refractivity contribution is 0.0948. The molecule has 0 amide bonds. The number of nitrogens with zero attached hydrogens (tertiary/aromatic N) is 5. The number of aromatic nitrogens is 5. The van der Waals surface area contributed by atoms with Gasteiger partial charge in [0.05, 0.1) is 16.9 Å². The van der Waals surface area contributed by atoms with Crippen LogP contribution in [-0.4, -0.2) is 58.7 Å². The molecule has 2 aliphatic rings. The van der Waals surface area contributed by atoms with Crippen molar-refractivity contribution in [2.45, 2.75) is 61.7 Å². The second kappa shape index (κ2) is 8.14.